The number of hydrogen-bond acceptors (Lipinski definition) is 4. The van der Waals surface area contributed by atoms with Crippen molar-refractivity contribution in [3.8, 4) is 0 Å². The second-order valence-electron chi connectivity index (χ2n) is 2.55. The predicted molar refractivity (Wildman–Crippen MR) is 58.1 cm³/mol. The zero-order chi connectivity index (χ0) is 11.7. The Morgan fingerprint density at radius 1 is 1.20 bits per heavy atom. The molecule has 4 N–H and O–H groups in total. The Hall–Kier alpha value is 0.350. The molecule has 86 valence electrons. The maximum atomic E-state index is 10.9. The summed E-state index contributed by atoms with van der Waals surface area (Å²) in [4.78, 5) is 35.3. The number of rotatable bonds is 4. The predicted octanol–water partition coefficient (Wildman–Crippen LogP) is 1.48. The molecule has 1 aromatic heterocycles. The number of thioether (sulfide) groups is 1. The first-order valence-corrected chi connectivity index (χ1v) is 8.64. The van der Waals surface area contributed by atoms with Crippen LogP contribution in [0.15, 0.2) is 21.7 Å². The molecule has 0 aliphatic heterocycles. The van der Waals surface area contributed by atoms with Crippen LogP contribution in [-0.4, -0.2) is 24.3 Å². The van der Waals surface area contributed by atoms with Crippen molar-refractivity contribution in [3.63, 3.8) is 0 Å². The first kappa shape index (κ1) is 13.4. The molecule has 0 fully saturated rings. The molecule has 0 atom stereocenters. The molecule has 6 nitrogen and oxygen atoms in total. The van der Waals surface area contributed by atoms with E-state index in [1.54, 1.807) is 11.4 Å². The SMILES string of the molecule is O=P(O)(O)C(Sc1cccs1)P(=O)(O)O. The molecule has 0 aliphatic carbocycles. The minimum atomic E-state index is -4.83. The van der Waals surface area contributed by atoms with Gasteiger partial charge in [0.1, 0.15) is 0 Å². The highest BCUT2D eigenvalue weighted by Gasteiger charge is 2.44. The van der Waals surface area contributed by atoms with E-state index < -0.39 is 19.9 Å². The second-order valence-corrected chi connectivity index (χ2v) is 9.40. The maximum Gasteiger partial charge on any atom is 0.351 e. The summed E-state index contributed by atoms with van der Waals surface area (Å²) in [7, 11) is -9.66. The third kappa shape index (κ3) is 4.01. The molecule has 0 aliphatic rings. The summed E-state index contributed by atoms with van der Waals surface area (Å²) in [5.74, 6) is 0. The fourth-order valence-electron chi connectivity index (χ4n) is 0.768. The molecule has 0 bridgehead atoms. The molecule has 0 aromatic carbocycles. The number of thiophene rings is 1. The van der Waals surface area contributed by atoms with Crippen molar-refractivity contribution >= 4 is 38.3 Å². The van der Waals surface area contributed by atoms with Crippen molar-refractivity contribution in [1.29, 1.82) is 0 Å². The van der Waals surface area contributed by atoms with Gasteiger partial charge in [-0.2, -0.15) is 0 Å². The van der Waals surface area contributed by atoms with Crippen LogP contribution in [0.4, 0.5) is 0 Å². The van der Waals surface area contributed by atoms with Crippen LogP contribution in [0.2, 0.25) is 0 Å². The van der Waals surface area contributed by atoms with Gasteiger partial charge in [0.2, 0.25) is 4.73 Å². The number of hydrogen-bond donors (Lipinski definition) is 4. The topological polar surface area (TPSA) is 115 Å². The molecule has 0 amide bonds. The van der Waals surface area contributed by atoms with Crippen molar-refractivity contribution < 1.29 is 28.7 Å². The van der Waals surface area contributed by atoms with Crippen LogP contribution in [0.1, 0.15) is 0 Å². The van der Waals surface area contributed by atoms with Gasteiger partial charge in [0.25, 0.3) is 0 Å². The third-order valence-corrected chi connectivity index (χ3v) is 8.35. The van der Waals surface area contributed by atoms with Crippen molar-refractivity contribution in [2.45, 2.75) is 8.94 Å². The lowest BCUT2D eigenvalue weighted by molar-refractivity contribution is 0.352. The average Bonchev–Trinajstić information content (AvgIpc) is 2.46. The fourth-order valence-corrected chi connectivity index (χ4v) is 6.03. The van der Waals surface area contributed by atoms with E-state index in [0.717, 1.165) is 11.3 Å². The van der Waals surface area contributed by atoms with Crippen molar-refractivity contribution in [3.05, 3.63) is 17.5 Å². The van der Waals surface area contributed by atoms with E-state index >= 15 is 0 Å². The van der Waals surface area contributed by atoms with Crippen LogP contribution in [-0.2, 0) is 9.13 Å². The first-order chi connectivity index (χ1) is 6.71. The summed E-state index contributed by atoms with van der Waals surface area (Å²) >= 11 is 1.66. The smallest absolute Gasteiger partial charge is 0.323 e. The van der Waals surface area contributed by atoms with Gasteiger partial charge >= 0.3 is 15.2 Å². The molecule has 15 heavy (non-hydrogen) atoms. The maximum absolute atomic E-state index is 10.9. The highest BCUT2D eigenvalue weighted by molar-refractivity contribution is 8.13. The molecular weight excluding hydrogens is 282 g/mol. The summed E-state index contributed by atoms with van der Waals surface area (Å²) < 4.78 is 20.2. The van der Waals surface area contributed by atoms with Gasteiger partial charge < -0.3 is 19.6 Å². The van der Waals surface area contributed by atoms with E-state index in [4.69, 9.17) is 19.6 Å². The van der Waals surface area contributed by atoms with Gasteiger partial charge in [0.05, 0.1) is 4.21 Å². The van der Waals surface area contributed by atoms with Crippen molar-refractivity contribution in [2.75, 3.05) is 0 Å². The van der Waals surface area contributed by atoms with Gasteiger partial charge in [-0.3, -0.25) is 9.13 Å². The summed E-state index contributed by atoms with van der Waals surface area (Å²) in [6.07, 6.45) is 0. The zero-order valence-corrected chi connectivity index (χ0v) is 10.5. The van der Waals surface area contributed by atoms with E-state index in [1.165, 1.54) is 6.07 Å². The van der Waals surface area contributed by atoms with E-state index in [9.17, 15) is 9.13 Å². The van der Waals surface area contributed by atoms with Crippen LogP contribution >= 0.6 is 38.3 Å². The zero-order valence-electron chi connectivity index (χ0n) is 7.13. The Morgan fingerprint density at radius 2 is 1.73 bits per heavy atom. The van der Waals surface area contributed by atoms with E-state index in [1.807, 2.05) is 0 Å². The van der Waals surface area contributed by atoms with Crippen molar-refractivity contribution in [2.24, 2.45) is 0 Å². The normalized spacial score (nSPS) is 13.4. The molecule has 10 heteroatoms. The van der Waals surface area contributed by atoms with Crippen LogP contribution in [0.25, 0.3) is 0 Å². The molecular formula is C5H8O6P2S2. The fraction of sp³-hybridized carbons (Fsp3) is 0.200. The lowest BCUT2D eigenvalue weighted by Crippen LogP contribution is -2.03. The Kier molecular flexibility index (Phi) is 4.20. The van der Waals surface area contributed by atoms with Gasteiger partial charge in [-0.15, -0.1) is 11.3 Å². The van der Waals surface area contributed by atoms with Crippen LogP contribution < -0.4 is 0 Å². The Bertz CT molecular complexity index is 383. The second kappa shape index (κ2) is 4.69. The molecule has 0 radical (unpaired) electrons. The van der Waals surface area contributed by atoms with Gasteiger partial charge in [-0.05, 0) is 11.4 Å². The highest BCUT2D eigenvalue weighted by Crippen LogP contribution is 2.66. The monoisotopic (exact) mass is 290 g/mol. The highest BCUT2D eigenvalue weighted by atomic mass is 32.2. The van der Waals surface area contributed by atoms with E-state index in [-0.39, 0.29) is 0 Å². The van der Waals surface area contributed by atoms with E-state index in [2.05, 4.69) is 0 Å². The quantitative estimate of drug-likeness (QED) is 0.490. The average molecular weight is 290 g/mol. The minimum absolute atomic E-state index is 0.451. The molecule has 1 heterocycles. The van der Waals surface area contributed by atoms with Crippen LogP contribution in [0.5, 0.6) is 0 Å². The standard InChI is InChI=1S/C5H8O6P2S2/c6-12(7,8)5(13(9,10)11)15-4-2-1-3-14-4/h1-3,5H,(H2,6,7,8)(H2,9,10,11). The summed E-state index contributed by atoms with van der Waals surface area (Å²) in [6, 6.07) is 3.16. The lowest BCUT2D eigenvalue weighted by atomic mass is 10.7. The molecule has 0 saturated carbocycles. The Morgan fingerprint density at radius 3 is 2.07 bits per heavy atom. The Labute approximate surface area is 93.7 Å². The van der Waals surface area contributed by atoms with Crippen LogP contribution in [0, 0.1) is 0 Å². The summed E-state index contributed by atoms with van der Waals surface area (Å²) in [6.45, 7) is 0. The molecule has 1 rings (SSSR count). The van der Waals surface area contributed by atoms with Gasteiger partial charge in [0, 0.05) is 0 Å². The Balaban J connectivity index is 2.95. The summed E-state index contributed by atoms with van der Waals surface area (Å²) in [5.41, 5.74) is 0. The molecule has 0 saturated heterocycles. The van der Waals surface area contributed by atoms with Crippen LogP contribution in [0.3, 0.4) is 0 Å². The van der Waals surface area contributed by atoms with Crippen molar-refractivity contribution in [1.82, 2.24) is 0 Å². The molecule has 1 aromatic rings. The van der Waals surface area contributed by atoms with Gasteiger partial charge in [0.15, 0.2) is 0 Å². The largest absolute Gasteiger partial charge is 0.351 e. The molecule has 0 unspecified atom stereocenters. The minimum Gasteiger partial charge on any atom is -0.323 e. The van der Waals surface area contributed by atoms with E-state index in [0.29, 0.717) is 16.0 Å². The first-order valence-electron chi connectivity index (χ1n) is 3.52. The summed E-state index contributed by atoms with van der Waals surface area (Å²) in [5, 5.41) is 1.65. The molecule has 0 spiro atoms. The van der Waals surface area contributed by atoms with Gasteiger partial charge in [-0.25, -0.2) is 0 Å². The van der Waals surface area contributed by atoms with Gasteiger partial charge in [-0.1, -0.05) is 17.8 Å². The third-order valence-electron chi connectivity index (χ3n) is 1.29. The lowest BCUT2D eigenvalue weighted by Gasteiger charge is -2.17.